The van der Waals surface area contributed by atoms with Gasteiger partial charge in [0.05, 0.1) is 13.2 Å². The van der Waals surface area contributed by atoms with Gasteiger partial charge in [0.1, 0.15) is 0 Å². The maximum Gasteiger partial charge on any atom is 0.161 e. The SMILES string of the molecule is CC(C)CNCc1ccc2c(c1)OCCCO2. The topological polar surface area (TPSA) is 30.5 Å². The van der Waals surface area contributed by atoms with Crippen LogP contribution in [0.5, 0.6) is 11.5 Å². The molecular formula is C14H21NO2. The molecule has 0 fully saturated rings. The van der Waals surface area contributed by atoms with E-state index in [4.69, 9.17) is 9.47 Å². The van der Waals surface area contributed by atoms with Crippen LogP contribution >= 0.6 is 0 Å². The van der Waals surface area contributed by atoms with Gasteiger partial charge in [0.2, 0.25) is 0 Å². The second-order valence-corrected chi connectivity index (χ2v) is 4.86. The predicted molar refractivity (Wildman–Crippen MR) is 68.6 cm³/mol. The Bertz CT molecular complexity index is 363. The quantitative estimate of drug-likeness (QED) is 0.870. The van der Waals surface area contributed by atoms with E-state index >= 15 is 0 Å². The van der Waals surface area contributed by atoms with Crippen molar-refractivity contribution in [2.75, 3.05) is 19.8 Å². The Labute approximate surface area is 103 Å². The van der Waals surface area contributed by atoms with Crippen LogP contribution in [0.3, 0.4) is 0 Å². The van der Waals surface area contributed by atoms with Crippen molar-refractivity contribution in [3.63, 3.8) is 0 Å². The van der Waals surface area contributed by atoms with Gasteiger partial charge in [0, 0.05) is 13.0 Å². The van der Waals surface area contributed by atoms with Crippen molar-refractivity contribution in [2.24, 2.45) is 5.92 Å². The van der Waals surface area contributed by atoms with Crippen LogP contribution in [0.25, 0.3) is 0 Å². The molecule has 94 valence electrons. The summed E-state index contributed by atoms with van der Waals surface area (Å²) < 4.78 is 11.3. The fraction of sp³-hybridized carbons (Fsp3) is 0.571. The summed E-state index contributed by atoms with van der Waals surface area (Å²) in [4.78, 5) is 0. The number of benzene rings is 1. The van der Waals surface area contributed by atoms with Crippen molar-refractivity contribution in [2.45, 2.75) is 26.8 Å². The van der Waals surface area contributed by atoms with Crippen LogP contribution < -0.4 is 14.8 Å². The van der Waals surface area contributed by atoms with Crippen LogP contribution in [-0.4, -0.2) is 19.8 Å². The summed E-state index contributed by atoms with van der Waals surface area (Å²) in [6, 6.07) is 6.18. The van der Waals surface area contributed by atoms with Gasteiger partial charge in [-0.15, -0.1) is 0 Å². The van der Waals surface area contributed by atoms with Gasteiger partial charge in [-0.25, -0.2) is 0 Å². The normalized spacial score (nSPS) is 14.8. The molecule has 0 atom stereocenters. The van der Waals surface area contributed by atoms with Gasteiger partial charge in [-0.1, -0.05) is 19.9 Å². The Balaban J connectivity index is 1.97. The van der Waals surface area contributed by atoms with Crippen molar-refractivity contribution in [3.8, 4) is 11.5 Å². The van der Waals surface area contributed by atoms with Gasteiger partial charge >= 0.3 is 0 Å². The van der Waals surface area contributed by atoms with Crippen LogP contribution in [0.1, 0.15) is 25.8 Å². The highest BCUT2D eigenvalue weighted by molar-refractivity contribution is 5.43. The first-order chi connectivity index (χ1) is 8.25. The largest absolute Gasteiger partial charge is 0.490 e. The molecule has 0 aromatic heterocycles. The molecule has 0 aliphatic carbocycles. The first-order valence-electron chi connectivity index (χ1n) is 6.35. The van der Waals surface area contributed by atoms with Crippen molar-refractivity contribution in [1.29, 1.82) is 0 Å². The van der Waals surface area contributed by atoms with Crippen LogP contribution in [0.15, 0.2) is 18.2 Å². The summed E-state index contributed by atoms with van der Waals surface area (Å²) in [5.41, 5.74) is 1.25. The maximum absolute atomic E-state index is 5.66. The first kappa shape index (κ1) is 12.2. The molecule has 0 unspecified atom stereocenters. The highest BCUT2D eigenvalue weighted by atomic mass is 16.5. The van der Waals surface area contributed by atoms with Gasteiger partial charge < -0.3 is 14.8 Å². The van der Waals surface area contributed by atoms with E-state index in [1.54, 1.807) is 0 Å². The van der Waals surface area contributed by atoms with Gasteiger partial charge in [-0.05, 0) is 30.2 Å². The second-order valence-electron chi connectivity index (χ2n) is 4.86. The van der Waals surface area contributed by atoms with Gasteiger partial charge in [0.25, 0.3) is 0 Å². The van der Waals surface area contributed by atoms with E-state index in [-0.39, 0.29) is 0 Å². The first-order valence-corrected chi connectivity index (χ1v) is 6.35. The van der Waals surface area contributed by atoms with E-state index in [0.29, 0.717) is 5.92 Å². The van der Waals surface area contributed by atoms with Crippen molar-refractivity contribution >= 4 is 0 Å². The number of hydrogen-bond acceptors (Lipinski definition) is 3. The van der Waals surface area contributed by atoms with E-state index in [1.807, 2.05) is 6.07 Å². The average molecular weight is 235 g/mol. The van der Waals surface area contributed by atoms with Gasteiger partial charge in [0.15, 0.2) is 11.5 Å². The summed E-state index contributed by atoms with van der Waals surface area (Å²) in [5, 5.41) is 3.43. The molecule has 0 radical (unpaired) electrons. The average Bonchev–Trinajstić information content (AvgIpc) is 2.53. The van der Waals surface area contributed by atoms with E-state index in [1.165, 1.54) is 5.56 Å². The highest BCUT2D eigenvalue weighted by Crippen LogP contribution is 2.30. The molecule has 1 heterocycles. The van der Waals surface area contributed by atoms with Crippen LogP contribution in [0.2, 0.25) is 0 Å². The molecule has 0 amide bonds. The van der Waals surface area contributed by atoms with E-state index in [0.717, 1.165) is 44.2 Å². The number of rotatable bonds is 4. The molecule has 3 nitrogen and oxygen atoms in total. The zero-order valence-corrected chi connectivity index (χ0v) is 10.7. The lowest BCUT2D eigenvalue weighted by molar-refractivity contribution is 0.297. The molecule has 2 rings (SSSR count). The highest BCUT2D eigenvalue weighted by Gasteiger charge is 2.10. The van der Waals surface area contributed by atoms with E-state index < -0.39 is 0 Å². The zero-order valence-electron chi connectivity index (χ0n) is 10.7. The predicted octanol–water partition coefficient (Wildman–Crippen LogP) is 2.59. The van der Waals surface area contributed by atoms with Crippen LogP contribution in [0, 0.1) is 5.92 Å². The molecule has 17 heavy (non-hydrogen) atoms. The van der Waals surface area contributed by atoms with Gasteiger partial charge in [-0.3, -0.25) is 0 Å². The summed E-state index contributed by atoms with van der Waals surface area (Å²) in [7, 11) is 0. The zero-order chi connectivity index (χ0) is 12.1. The summed E-state index contributed by atoms with van der Waals surface area (Å²) >= 11 is 0. The molecule has 0 saturated heterocycles. The summed E-state index contributed by atoms with van der Waals surface area (Å²) in [5.74, 6) is 2.43. The Morgan fingerprint density at radius 1 is 1.18 bits per heavy atom. The molecule has 1 aromatic carbocycles. The second kappa shape index (κ2) is 5.92. The summed E-state index contributed by atoms with van der Waals surface area (Å²) in [6.45, 7) is 7.83. The minimum atomic E-state index is 0.676. The lowest BCUT2D eigenvalue weighted by Crippen LogP contribution is -2.18. The molecule has 1 N–H and O–H groups in total. The lowest BCUT2D eigenvalue weighted by Gasteiger charge is -2.11. The fourth-order valence-corrected chi connectivity index (χ4v) is 1.82. The number of fused-ring (bicyclic) bond motifs is 1. The molecule has 0 saturated carbocycles. The third-order valence-corrected chi connectivity index (χ3v) is 2.69. The Morgan fingerprint density at radius 2 is 1.94 bits per heavy atom. The molecule has 1 aliphatic rings. The van der Waals surface area contributed by atoms with Crippen LogP contribution in [-0.2, 0) is 6.54 Å². The number of nitrogens with one attached hydrogen (secondary N) is 1. The summed E-state index contributed by atoms with van der Waals surface area (Å²) in [6.07, 6.45) is 0.954. The smallest absolute Gasteiger partial charge is 0.161 e. The van der Waals surface area contributed by atoms with Crippen molar-refractivity contribution in [1.82, 2.24) is 5.32 Å². The molecule has 3 heteroatoms. The number of ether oxygens (including phenoxy) is 2. The Kier molecular flexibility index (Phi) is 4.26. The maximum atomic E-state index is 5.66. The Morgan fingerprint density at radius 3 is 2.71 bits per heavy atom. The minimum Gasteiger partial charge on any atom is -0.490 e. The van der Waals surface area contributed by atoms with E-state index in [9.17, 15) is 0 Å². The molecule has 1 aliphatic heterocycles. The minimum absolute atomic E-state index is 0.676. The van der Waals surface area contributed by atoms with Crippen molar-refractivity contribution < 1.29 is 9.47 Å². The van der Waals surface area contributed by atoms with E-state index in [2.05, 4.69) is 31.3 Å². The third-order valence-electron chi connectivity index (χ3n) is 2.69. The van der Waals surface area contributed by atoms with Crippen LogP contribution in [0.4, 0.5) is 0 Å². The van der Waals surface area contributed by atoms with Crippen molar-refractivity contribution in [3.05, 3.63) is 23.8 Å². The Hall–Kier alpha value is -1.22. The third kappa shape index (κ3) is 3.63. The molecular weight excluding hydrogens is 214 g/mol. The fourth-order valence-electron chi connectivity index (χ4n) is 1.82. The molecule has 0 bridgehead atoms. The molecule has 1 aromatic rings. The molecule has 0 spiro atoms. The lowest BCUT2D eigenvalue weighted by atomic mass is 10.2. The number of hydrogen-bond donors (Lipinski definition) is 1. The van der Waals surface area contributed by atoms with Gasteiger partial charge in [-0.2, -0.15) is 0 Å². The standard InChI is InChI=1S/C14H21NO2/c1-11(2)9-15-10-12-4-5-13-14(8-12)17-7-3-6-16-13/h4-5,8,11,15H,3,6-7,9-10H2,1-2H3. The monoisotopic (exact) mass is 235 g/mol.